The minimum atomic E-state index is -3.25. The summed E-state index contributed by atoms with van der Waals surface area (Å²) in [5, 5.41) is -0.234. The zero-order chi connectivity index (χ0) is 22.7. The van der Waals surface area contributed by atoms with E-state index in [1.165, 1.54) is 6.26 Å². The number of nitrogens with zero attached hydrogens (tertiary/aromatic N) is 3. The summed E-state index contributed by atoms with van der Waals surface area (Å²) in [6.45, 7) is 2.13. The summed E-state index contributed by atoms with van der Waals surface area (Å²) in [5.41, 5.74) is 3.17. The normalized spacial score (nSPS) is 24.6. The Hall–Kier alpha value is -1.98. The first-order chi connectivity index (χ1) is 15.2. The molecule has 3 heterocycles. The third kappa shape index (κ3) is 4.06. The number of imidazole rings is 1. The van der Waals surface area contributed by atoms with Crippen LogP contribution in [0.2, 0.25) is 0 Å². The Bertz CT molecular complexity index is 1370. The third-order valence-electron chi connectivity index (χ3n) is 6.83. The van der Waals surface area contributed by atoms with E-state index in [0.717, 1.165) is 53.9 Å². The maximum Gasteiger partial charge on any atom is 0.214 e. The summed E-state index contributed by atoms with van der Waals surface area (Å²) in [7, 11) is -6.39. The smallest absolute Gasteiger partial charge is 0.214 e. The van der Waals surface area contributed by atoms with Gasteiger partial charge in [0, 0.05) is 30.8 Å². The van der Waals surface area contributed by atoms with Gasteiger partial charge in [-0.05, 0) is 37.7 Å². The minimum absolute atomic E-state index is 0.0238. The second-order valence-corrected chi connectivity index (χ2v) is 13.5. The van der Waals surface area contributed by atoms with E-state index in [1.807, 2.05) is 12.3 Å². The second kappa shape index (κ2) is 7.81. The molecule has 2 N–H and O–H groups in total. The summed E-state index contributed by atoms with van der Waals surface area (Å²) in [4.78, 5) is 12.6. The van der Waals surface area contributed by atoms with Gasteiger partial charge >= 0.3 is 0 Å². The maximum atomic E-state index is 12.5. The Morgan fingerprint density at radius 1 is 1.19 bits per heavy atom. The Kier molecular flexibility index (Phi) is 5.33. The fourth-order valence-electron chi connectivity index (χ4n) is 5.06. The number of fused-ring (bicyclic) bond motifs is 3. The lowest BCUT2D eigenvalue weighted by atomic mass is 9.93. The number of H-pyrrole nitrogens is 1. The van der Waals surface area contributed by atoms with Crippen molar-refractivity contribution in [3.05, 3.63) is 30.0 Å². The molecule has 3 aromatic rings. The molecule has 0 aromatic carbocycles. The van der Waals surface area contributed by atoms with Crippen LogP contribution in [-0.4, -0.2) is 59.5 Å². The molecule has 32 heavy (non-hydrogen) atoms. The van der Waals surface area contributed by atoms with Gasteiger partial charge in [0.1, 0.15) is 15.7 Å². The van der Waals surface area contributed by atoms with Crippen LogP contribution in [0.5, 0.6) is 0 Å². The molecule has 0 aliphatic heterocycles. The fraction of sp³-hybridized carbons (Fsp3) is 0.619. The number of rotatable bonds is 8. The first-order valence-corrected chi connectivity index (χ1v) is 14.8. The lowest BCUT2D eigenvalue weighted by molar-refractivity contribution is 0.450. The summed E-state index contributed by atoms with van der Waals surface area (Å²) >= 11 is 0. The average molecular weight is 480 g/mol. The first-order valence-electron chi connectivity index (χ1n) is 11.2. The van der Waals surface area contributed by atoms with Gasteiger partial charge in [0.05, 0.1) is 33.9 Å². The van der Waals surface area contributed by atoms with Crippen LogP contribution in [0.15, 0.2) is 18.5 Å². The molecule has 3 aromatic heterocycles. The summed E-state index contributed by atoms with van der Waals surface area (Å²) in [5.74, 6) is 1.26. The predicted octanol–water partition coefficient (Wildman–Crippen LogP) is 2.15. The Labute approximate surface area is 188 Å². The van der Waals surface area contributed by atoms with Crippen molar-refractivity contribution in [3.8, 4) is 0 Å². The van der Waals surface area contributed by atoms with Crippen molar-refractivity contribution in [2.24, 2.45) is 5.92 Å². The Morgan fingerprint density at radius 3 is 2.66 bits per heavy atom. The molecule has 0 bridgehead atoms. The van der Waals surface area contributed by atoms with E-state index in [2.05, 4.69) is 26.0 Å². The van der Waals surface area contributed by atoms with Crippen LogP contribution in [0.3, 0.4) is 0 Å². The van der Waals surface area contributed by atoms with Gasteiger partial charge in [-0.3, -0.25) is 4.40 Å². The Balaban J connectivity index is 1.55. The van der Waals surface area contributed by atoms with E-state index in [4.69, 9.17) is 4.98 Å². The monoisotopic (exact) mass is 479 g/mol. The molecular weight excluding hydrogens is 450 g/mol. The van der Waals surface area contributed by atoms with Crippen LogP contribution < -0.4 is 4.72 Å². The number of hydrogen-bond donors (Lipinski definition) is 2. The van der Waals surface area contributed by atoms with Crippen molar-refractivity contribution < 1.29 is 16.8 Å². The molecule has 3 atom stereocenters. The van der Waals surface area contributed by atoms with Crippen LogP contribution >= 0.6 is 0 Å². The molecule has 0 saturated heterocycles. The molecule has 2 aliphatic carbocycles. The van der Waals surface area contributed by atoms with Gasteiger partial charge in [0.2, 0.25) is 10.0 Å². The molecule has 2 saturated carbocycles. The topological polar surface area (TPSA) is 126 Å². The van der Waals surface area contributed by atoms with Gasteiger partial charge in [-0.1, -0.05) is 13.3 Å². The maximum absolute atomic E-state index is 12.5. The van der Waals surface area contributed by atoms with Crippen LogP contribution in [0.4, 0.5) is 0 Å². The van der Waals surface area contributed by atoms with Crippen molar-refractivity contribution >= 4 is 36.5 Å². The van der Waals surface area contributed by atoms with Crippen molar-refractivity contribution in [3.63, 3.8) is 0 Å². The second-order valence-electron chi connectivity index (χ2n) is 9.29. The van der Waals surface area contributed by atoms with Gasteiger partial charge in [-0.2, -0.15) is 0 Å². The number of hydrogen-bond acceptors (Lipinski definition) is 6. The highest BCUT2D eigenvalue weighted by atomic mass is 32.2. The first kappa shape index (κ1) is 21.8. The van der Waals surface area contributed by atoms with Crippen molar-refractivity contribution in [2.45, 2.75) is 62.7 Å². The van der Waals surface area contributed by atoms with E-state index in [-0.39, 0.29) is 28.9 Å². The SMILES string of the molecule is CC[C@@H]1C[C@H](NS(=O)(=O)C2CC2)CC1c1nc(CCS(C)(=O)=O)c2cnc3[nH]ccc3n12. The molecule has 2 aliphatic rings. The molecule has 0 amide bonds. The molecular formula is C21H29N5O4S2. The fourth-order valence-corrected chi connectivity index (χ4v) is 7.23. The van der Waals surface area contributed by atoms with Crippen LogP contribution in [-0.2, 0) is 26.3 Å². The van der Waals surface area contributed by atoms with Gasteiger partial charge in [-0.15, -0.1) is 0 Å². The number of sulfonamides is 1. The number of aromatic nitrogens is 4. The highest BCUT2D eigenvalue weighted by Crippen LogP contribution is 2.43. The molecule has 1 unspecified atom stereocenters. The van der Waals surface area contributed by atoms with E-state index in [1.54, 1.807) is 6.20 Å². The summed E-state index contributed by atoms with van der Waals surface area (Å²) < 4.78 is 53.7. The number of nitrogens with one attached hydrogen (secondary N) is 2. The van der Waals surface area contributed by atoms with E-state index in [0.29, 0.717) is 12.8 Å². The van der Waals surface area contributed by atoms with Crippen molar-refractivity contribution in [1.82, 2.24) is 24.1 Å². The van der Waals surface area contributed by atoms with E-state index < -0.39 is 19.9 Å². The average Bonchev–Trinajstić information content (AvgIpc) is 3.20. The molecule has 0 radical (unpaired) electrons. The number of aromatic amines is 1. The number of sulfone groups is 1. The van der Waals surface area contributed by atoms with E-state index >= 15 is 0 Å². The van der Waals surface area contributed by atoms with Gasteiger partial charge in [0.15, 0.2) is 5.65 Å². The zero-order valence-electron chi connectivity index (χ0n) is 18.3. The van der Waals surface area contributed by atoms with E-state index in [9.17, 15) is 16.8 Å². The van der Waals surface area contributed by atoms with Crippen molar-refractivity contribution in [1.29, 1.82) is 0 Å². The standard InChI is InChI=1S/C21H29N5O4S2/c1-3-13-10-14(25-32(29,30)15-4-5-15)11-16(13)21-24-17(7-9-31(2,27)28)19-12-23-20-18(26(19)21)6-8-22-20/h6,8,12-16,22,25H,3-5,7,9-11H2,1-2H3/t13-,14+,16?/m1/s1. The molecule has 11 heteroatoms. The largest absolute Gasteiger partial charge is 0.345 e. The predicted molar refractivity (Wildman–Crippen MR) is 123 cm³/mol. The minimum Gasteiger partial charge on any atom is -0.345 e. The quantitative estimate of drug-likeness (QED) is 0.510. The molecule has 2 fully saturated rings. The highest BCUT2D eigenvalue weighted by Gasteiger charge is 2.42. The van der Waals surface area contributed by atoms with Crippen LogP contribution in [0, 0.1) is 5.92 Å². The zero-order valence-corrected chi connectivity index (χ0v) is 19.9. The van der Waals surface area contributed by atoms with Crippen molar-refractivity contribution in [2.75, 3.05) is 12.0 Å². The van der Waals surface area contributed by atoms with Gasteiger partial charge in [0.25, 0.3) is 0 Å². The summed E-state index contributed by atoms with van der Waals surface area (Å²) in [6.07, 6.45) is 9.00. The molecule has 5 rings (SSSR count). The molecule has 174 valence electrons. The number of aryl methyl sites for hydroxylation is 1. The van der Waals surface area contributed by atoms with Gasteiger partial charge < -0.3 is 4.98 Å². The highest BCUT2D eigenvalue weighted by molar-refractivity contribution is 7.90. The van der Waals surface area contributed by atoms with Crippen LogP contribution in [0.1, 0.15) is 56.5 Å². The van der Waals surface area contributed by atoms with Crippen LogP contribution in [0.25, 0.3) is 16.7 Å². The molecule has 9 nitrogen and oxygen atoms in total. The van der Waals surface area contributed by atoms with Gasteiger partial charge in [-0.25, -0.2) is 31.5 Å². The third-order valence-corrected chi connectivity index (χ3v) is 9.79. The summed E-state index contributed by atoms with van der Waals surface area (Å²) in [6, 6.07) is 1.84. The lowest BCUT2D eigenvalue weighted by Crippen LogP contribution is -2.35. The Morgan fingerprint density at radius 2 is 1.97 bits per heavy atom. The molecule has 0 spiro atoms. The lowest BCUT2D eigenvalue weighted by Gasteiger charge is -2.17.